The highest BCUT2D eigenvalue weighted by molar-refractivity contribution is 5.76. The van der Waals surface area contributed by atoms with Crippen molar-refractivity contribution in [3.05, 3.63) is 70.9 Å². The van der Waals surface area contributed by atoms with Crippen LogP contribution < -0.4 is 0 Å². The number of benzene rings is 1. The second kappa shape index (κ2) is 9.69. The summed E-state index contributed by atoms with van der Waals surface area (Å²) in [4.78, 5) is 19.6. The second-order valence-corrected chi connectivity index (χ2v) is 10.0. The van der Waals surface area contributed by atoms with Crippen molar-refractivity contribution in [2.24, 2.45) is 5.92 Å². The van der Waals surface area contributed by atoms with Gasteiger partial charge in [-0.2, -0.15) is 5.10 Å². The molecule has 0 bridgehead atoms. The molecule has 5 nitrogen and oxygen atoms in total. The maximum Gasteiger partial charge on any atom is 0.244 e. The van der Waals surface area contributed by atoms with Crippen molar-refractivity contribution in [3.63, 3.8) is 0 Å². The number of carbonyl (C=O) groups is 1. The molecule has 0 N–H and O–H groups in total. The molecule has 1 amide bonds. The van der Waals surface area contributed by atoms with Crippen LogP contribution in [0.3, 0.4) is 0 Å². The summed E-state index contributed by atoms with van der Waals surface area (Å²) in [6.45, 7) is 5.78. The van der Waals surface area contributed by atoms with Gasteiger partial charge in [-0.1, -0.05) is 0 Å². The van der Waals surface area contributed by atoms with Crippen LogP contribution >= 0.6 is 0 Å². The maximum absolute atomic E-state index is 13.7. The van der Waals surface area contributed by atoms with E-state index in [-0.39, 0.29) is 18.3 Å². The smallest absolute Gasteiger partial charge is 0.244 e. The highest BCUT2D eigenvalue weighted by atomic mass is 19.1. The Bertz CT molecular complexity index is 1170. The molecule has 2 fully saturated rings. The van der Waals surface area contributed by atoms with Crippen molar-refractivity contribution in [3.8, 4) is 11.3 Å². The van der Waals surface area contributed by atoms with Gasteiger partial charge in [0.2, 0.25) is 5.91 Å². The SMILES string of the molecule is Cc1ccnc(CCC2CCN(C(=O)Cn3nc(-c4ccc(F)c(C)c4)cc3C3CC3)CC2)c1. The van der Waals surface area contributed by atoms with Crippen LogP contribution in [0, 0.1) is 25.6 Å². The third kappa shape index (κ3) is 5.21. The van der Waals surface area contributed by atoms with E-state index in [1.807, 2.05) is 27.9 Å². The molecule has 178 valence electrons. The fourth-order valence-electron chi connectivity index (χ4n) is 5.00. The molecule has 1 aromatic carbocycles. The van der Waals surface area contributed by atoms with Crippen molar-refractivity contribution < 1.29 is 9.18 Å². The van der Waals surface area contributed by atoms with Gasteiger partial charge in [-0.15, -0.1) is 0 Å². The predicted molar refractivity (Wildman–Crippen MR) is 131 cm³/mol. The number of pyridine rings is 1. The lowest BCUT2D eigenvalue weighted by Crippen LogP contribution is -2.40. The molecule has 34 heavy (non-hydrogen) atoms. The van der Waals surface area contributed by atoms with E-state index in [0.717, 1.165) is 74.3 Å². The summed E-state index contributed by atoms with van der Waals surface area (Å²) in [5, 5.41) is 4.77. The zero-order valence-corrected chi connectivity index (χ0v) is 20.1. The van der Waals surface area contributed by atoms with Crippen molar-refractivity contribution >= 4 is 5.91 Å². The van der Waals surface area contributed by atoms with Gasteiger partial charge in [-0.25, -0.2) is 4.39 Å². The predicted octanol–water partition coefficient (Wildman–Crippen LogP) is 5.45. The largest absolute Gasteiger partial charge is 0.341 e. The minimum absolute atomic E-state index is 0.144. The fourth-order valence-corrected chi connectivity index (χ4v) is 5.00. The van der Waals surface area contributed by atoms with Crippen LogP contribution in [0.15, 0.2) is 42.6 Å². The number of rotatable bonds is 7. The minimum Gasteiger partial charge on any atom is -0.341 e. The van der Waals surface area contributed by atoms with Crippen molar-refractivity contribution in [2.75, 3.05) is 13.1 Å². The zero-order chi connectivity index (χ0) is 23.7. The van der Waals surface area contributed by atoms with Crippen LogP contribution in [0.4, 0.5) is 4.39 Å². The van der Waals surface area contributed by atoms with E-state index in [1.54, 1.807) is 13.0 Å². The van der Waals surface area contributed by atoms with Crippen LogP contribution in [0.5, 0.6) is 0 Å². The Balaban J connectivity index is 1.19. The molecular weight excluding hydrogens is 427 g/mol. The first-order valence-corrected chi connectivity index (χ1v) is 12.5. The zero-order valence-electron chi connectivity index (χ0n) is 20.1. The summed E-state index contributed by atoms with van der Waals surface area (Å²) in [6, 6.07) is 11.4. The van der Waals surface area contributed by atoms with Gasteiger partial charge in [0.25, 0.3) is 0 Å². The van der Waals surface area contributed by atoms with Crippen LogP contribution in [-0.4, -0.2) is 38.7 Å². The van der Waals surface area contributed by atoms with Crippen molar-refractivity contribution in [1.29, 1.82) is 0 Å². The molecule has 1 aliphatic carbocycles. The molecule has 0 spiro atoms. The Labute approximate surface area is 201 Å². The molecule has 6 heteroatoms. The average molecular weight is 461 g/mol. The number of hydrogen-bond acceptors (Lipinski definition) is 3. The lowest BCUT2D eigenvalue weighted by atomic mass is 9.91. The van der Waals surface area contributed by atoms with Gasteiger partial charge in [0.15, 0.2) is 0 Å². The van der Waals surface area contributed by atoms with Gasteiger partial charge in [0.1, 0.15) is 12.4 Å². The summed E-state index contributed by atoms with van der Waals surface area (Å²) >= 11 is 0. The Hall–Kier alpha value is -3.02. The number of piperidine rings is 1. The lowest BCUT2D eigenvalue weighted by molar-refractivity contribution is -0.133. The number of nitrogens with zero attached hydrogens (tertiary/aromatic N) is 4. The van der Waals surface area contributed by atoms with E-state index >= 15 is 0 Å². The van der Waals surface area contributed by atoms with E-state index in [4.69, 9.17) is 5.10 Å². The molecular formula is C28H33FN4O. The van der Waals surface area contributed by atoms with Crippen LogP contribution in [0.25, 0.3) is 11.3 Å². The van der Waals surface area contributed by atoms with Crippen molar-refractivity contribution in [1.82, 2.24) is 19.7 Å². The Morgan fingerprint density at radius 3 is 2.56 bits per heavy atom. The van der Waals surface area contributed by atoms with E-state index in [2.05, 4.69) is 24.0 Å². The van der Waals surface area contributed by atoms with E-state index in [0.29, 0.717) is 17.4 Å². The number of aromatic nitrogens is 3. The van der Waals surface area contributed by atoms with Gasteiger partial charge in [0.05, 0.1) is 5.69 Å². The quantitative estimate of drug-likeness (QED) is 0.471. The van der Waals surface area contributed by atoms with Crippen LogP contribution in [-0.2, 0) is 17.8 Å². The first-order valence-electron chi connectivity index (χ1n) is 12.5. The molecule has 3 heterocycles. The molecule has 1 saturated carbocycles. The van der Waals surface area contributed by atoms with Crippen LogP contribution in [0.1, 0.15) is 60.5 Å². The highest BCUT2D eigenvalue weighted by Crippen LogP contribution is 2.41. The Kier molecular flexibility index (Phi) is 6.48. The number of aryl methyl sites for hydroxylation is 3. The Morgan fingerprint density at radius 1 is 1.06 bits per heavy atom. The lowest BCUT2D eigenvalue weighted by Gasteiger charge is -2.32. The summed E-state index contributed by atoms with van der Waals surface area (Å²) in [5.41, 5.74) is 5.88. The average Bonchev–Trinajstić information content (AvgIpc) is 3.60. The van der Waals surface area contributed by atoms with Gasteiger partial charge >= 0.3 is 0 Å². The number of carbonyl (C=O) groups excluding carboxylic acids is 1. The summed E-state index contributed by atoms with van der Waals surface area (Å²) in [7, 11) is 0. The molecule has 2 aromatic heterocycles. The van der Waals surface area contributed by atoms with E-state index in [1.165, 1.54) is 11.6 Å². The van der Waals surface area contributed by atoms with Crippen LogP contribution in [0.2, 0.25) is 0 Å². The standard InChI is InChI=1S/C28H33FN4O/c1-19-9-12-30-24(15-19)7-3-21-10-13-32(14-11-21)28(34)18-33-27(22-4-5-22)17-26(31-33)23-6-8-25(29)20(2)16-23/h6,8-9,12,15-17,21-22H,3-5,7,10-11,13-14,18H2,1-2H3. The second-order valence-electron chi connectivity index (χ2n) is 10.0. The first kappa shape index (κ1) is 22.8. The molecule has 3 aromatic rings. The van der Waals surface area contributed by atoms with Gasteiger partial charge < -0.3 is 4.90 Å². The normalized spacial score (nSPS) is 16.7. The number of amides is 1. The molecule has 1 saturated heterocycles. The van der Waals surface area contributed by atoms with Gasteiger partial charge in [0, 0.05) is 42.2 Å². The Morgan fingerprint density at radius 2 is 1.85 bits per heavy atom. The number of likely N-dealkylation sites (tertiary alicyclic amines) is 1. The number of halogens is 1. The summed E-state index contributed by atoms with van der Waals surface area (Å²) in [5.74, 6) is 1.06. The third-order valence-corrected chi connectivity index (χ3v) is 7.29. The summed E-state index contributed by atoms with van der Waals surface area (Å²) in [6.07, 6.45) is 8.40. The minimum atomic E-state index is -0.209. The molecule has 5 rings (SSSR count). The monoisotopic (exact) mass is 460 g/mol. The van der Waals surface area contributed by atoms with Crippen molar-refractivity contribution in [2.45, 2.75) is 64.8 Å². The van der Waals surface area contributed by atoms with E-state index in [9.17, 15) is 9.18 Å². The molecule has 0 unspecified atom stereocenters. The van der Waals surface area contributed by atoms with E-state index < -0.39 is 0 Å². The van der Waals surface area contributed by atoms with Gasteiger partial charge in [-0.05, 0) is 106 Å². The fraction of sp³-hybridized carbons (Fsp3) is 0.464. The third-order valence-electron chi connectivity index (χ3n) is 7.29. The topological polar surface area (TPSA) is 51.0 Å². The highest BCUT2D eigenvalue weighted by Gasteiger charge is 2.30. The maximum atomic E-state index is 13.7. The molecule has 0 atom stereocenters. The summed E-state index contributed by atoms with van der Waals surface area (Å²) < 4.78 is 15.6. The van der Waals surface area contributed by atoms with Gasteiger partial charge in [-0.3, -0.25) is 14.5 Å². The number of hydrogen-bond donors (Lipinski definition) is 0. The molecule has 0 radical (unpaired) electrons. The molecule has 2 aliphatic rings. The molecule has 1 aliphatic heterocycles. The first-order chi connectivity index (χ1) is 16.5.